The van der Waals surface area contributed by atoms with E-state index < -0.39 is 10.1 Å². The summed E-state index contributed by atoms with van der Waals surface area (Å²) in [4.78, 5) is -0.0741. The number of hydrogen-bond acceptors (Lipinski definition) is 4. The standard InChI is InChI=1S/C6H6O3S.C5H10N2/c7-10(8,9)6-4-2-1-3-5-6;1-3-6-7-4-2-5(1)7/h1-5H,(H,7,8,9);5-6H,1-4H2. The SMILES string of the molecule is C1CC2CCN2N1.O=S(=O)(O)c1ccccc1. The predicted octanol–water partition coefficient (Wildman–Crippen LogP) is 0.902. The fourth-order valence-corrected chi connectivity index (χ4v) is 2.42. The Balaban J connectivity index is 0.000000134. The molecule has 0 radical (unpaired) electrons. The zero-order valence-corrected chi connectivity index (χ0v) is 10.2. The van der Waals surface area contributed by atoms with Crippen molar-refractivity contribution in [1.82, 2.24) is 10.4 Å². The van der Waals surface area contributed by atoms with Crippen LogP contribution in [-0.4, -0.2) is 37.1 Å². The molecule has 1 aromatic rings. The van der Waals surface area contributed by atoms with Gasteiger partial charge in [0.05, 0.1) is 4.90 Å². The lowest BCUT2D eigenvalue weighted by Gasteiger charge is -2.33. The fourth-order valence-electron chi connectivity index (χ4n) is 1.92. The van der Waals surface area contributed by atoms with E-state index in [-0.39, 0.29) is 4.90 Å². The highest BCUT2D eigenvalue weighted by molar-refractivity contribution is 7.85. The van der Waals surface area contributed by atoms with Gasteiger partial charge in [0, 0.05) is 19.1 Å². The van der Waals surface area contributed by atoms with Crippen LogP contribution in [0.1, 0.15) is 12.8 Å². The van der Waals surface area contributed by atoms with Gasteiger partial charge >= 0.3 is 0 Å². The lowest BCUT2D eigenvalue weighted by Crippen LogP contribution is -2.47. The van der Waals surface area contributed by atoms with E-state index in [1.807, 2.05) is 0 Å². The van der Waals surface area contributed by atoms with Crippen molar-refractivity contribution in [2.45, 2.75) is 23.8 Å². The Kier molecular flexibility index (Phi) is 3.78. The minimum absolute atomic E-state index is 0.0741. The van der Waals surface area contributed by atoms with Crippen LogP contribution < -0.4 is 5.43 Å². The zero-order valence-electron chi connectivity index (χ0n) is 9.41. The van der Waals surface area contributed by atoms with Gasteiger partial charge in [0.25, 0.3) is 10.1 Å². The first kappa shape index (κ1) is 12.5. The van der Waals surface area contributed by atoms with Gasteiger partial charge < -0.3 is 0 Å². The van der Waals surface area contributed by atoms with E-state index in [0.29, 0.717) is 0 Å². The van der Waals surface area contributed by atoms with E-state index in [2.05, 4.69) is 10.4 Å². The average Bonchev–Trinajstić information content (AvgIpc) is 2.59. The Hall–Kier alpha value is -0.950. The molecule has 2 aliphatic heterocycles. The normalized spacial score (nSPS) is 23.2. The molecule has 2 heterocycles. The second kappa shape index (κ2) is 5.14. The molecule has 0 saturated carbocycles. The van der Waals surface area contributed by atoms with Gasteiger partial charge in [0.2, 0.25) is 0 Å². The summed E-state index contributed by atoms with van der Waals surface area (Å²) in [5.74, 6) is 0. The third-order valence-electron chi connectivity index (χ3n) is 2.98. The van der Waals surface area contributed by atoms with E-state index in [1.165, 1.54) is 38.1 Å². The number of nitrogens with one attached hydrogen (secondary N) is 1. The van der Waals surface area contributed by atoms with Crippen molar-refractivity contribution in [3.05, 3.63) is 30.3 Å². The molecule has 0 spiro atoms. The Morgan fingerprint density at radius 2 is 1.94 bits per heavy atom. The first-order valence-electron chi connectivity index (χ1n) is 5.60. The summed E-state index contributed by atoms with van der Waals surface area (Å²) < 4.78 is 29.2. The van der Waals surface area contributed by atoms with E-state index in [0.717, 1.165) is 6.04 Å². The Morgan fingerprint density at radius 3 is 2.24 bits per heavy atom. The number of hydrogen-bond donors (Lipinski definition) is 2. The monoisotopic (exact) mass is 256 g/mol. The highest BCUT2D eigenvalue weighted by Crippen LogP contribution is 2.21. The highest BCUT2D eigenvalue weighted by atomic mass is 32.2. The summed E-state index contributed by atoms with van der Waals surface area (Å²) in [5, 5.41) is 2.33. The van der Waals surface area contributed by atoms with Crippen molar-refractivity contribution < 1.29 is 13.0 Å². The van der Waals surface area contributed by atoms with E-state index in [1.54, 1.807) is 18.2 Å². The number of hydrazine groups is 1. The van der Waals surface area contributed by atoms with Crippen molar-refractivity contribution >= 4 is 10.1 Å². The van der Waals surface area contributed by atoms with Crippen molar-refractivity contribution in [1.29, 1.82) is 0 Å². The second-order valence-corrected chi connectivity index (χ2v) is 5.54. The average molecular weight is 256 g/mol. The van der Waals surface area contributed by atoms with Crippen LogP contribution in [-0.2, 0) is 10.1 Å². The molecular formula is C11H16N2O3S. The van der Waals surface area contributed by atoms with E-state index >= 15 is 0 Å². The molecule has 17 heavy (non-hydrogen) atoms. The van der Waals surface area contributed by atoms with Gasteiger partial charge in [-0.25, -0.2) is 5.01 Å². The quantitative estimate of drug-likeness (QED) is 0.731. The van der Waals surface area contributed by atoms with Crippen LogP contribution >= 0.6 is 0 Å². The molecular weight excluding hydrogens is 240 g/mol. The van der Waals surface area contributed by atoms with Crippen LogP contribution in [0.15, 0.2) is 35.2 Å². The molecule has 6 heteroatoms. The maximum atomic E-state index is 10.4. The molecule has 1 aromatic carbocycles. The topological polar surface area (TPSA) is 69.6 Å². The Morgan fingerprint density at radius 1 is 1.24 bits per heavy atom. The van der Waals surface area contributed by atoms with Gasteiger partial charge in [-0.3, -0.25) is 9.98 Å². The van der Waals surface area contributed by atoms with Crippen molar-refractivity contribution in [2.24, 2.45) is 0 Å². The molecule has 3 rings (SSSR count). The summed E-state index contributed by atoms with van der Waals surface area (Å²) in [5.41, 5.74) is 3.29. The number of benzene rings is 1. The summed E-state index contributed by atoms with van der Waals surface area (Å²) in [6.45, 7) is 2.50. The molecule has 0 amide bonds. The summed E-state index contributed by atoms with van der Waals surface area (Å²) in [6.07, 6.45) is 2.80. The molecule has 0 aromatic heterocycles. The van der Waals surface area contributed by atoms with Crippen LogP contribution in [0.5, 0.6) is 0 Å². The maximum absolute atomic E-state index is 10.4. The summed E-state index contributed by atoms with van der Waals surface area (Å²) >= 11 is 0. The molecule has 0 bridgehead atoms. The summed E-state index contributed by atoms with van der Waals surface area (Å²) in [6, 6.07) is 8.34. The Labute approximate surface area is 101 Å². The molecule has 2 fully saturated rings. The minimum Gasteiger partial charge on any atom is -0.282 e. The van der Waals surface area contributed by atoms with E-state index in [9.17, 15) is 8.42 Å². The van der Waals surface area contributed by atoms with Crippen molar-refractivity contribution in [3.63, 3.8) is 0 Å². The van der Waals surface area contributed by atoms with Crippen molar-refractivity contribution in [2.75, 3.05) is 13.1 Å². The second-order valence-electron chi connectivity index (χ2n) is 4.12. The predicted molar refractivity (Wildman–Crippen MR) is 64.0 cm³/mol. The Bertz CT molecular complexity index is 451. The van der Waals surface area contributed by atoms with Gasteiger partial charge in [-0.15, -0.1) is 0 Å². The van der Waals surface area contributed by atoms with Crippen LogP contribution in [0.3, 0.4) is 0 Å². The first-order chi connectivity index (χ1) is 8.07. The molecule has 2 N–H and O–H groups in total. The number of fused-ring (bicyclic) bond motifs is 1. The molecule has 1 atom stereocenters. The molecule has 2 aliphatic rings. The van der Waals surface area contributed by atoms with Crippen molar-refractivity contribution in [3.8, 4) is 0 Å². The number of nitrogens with zero attached hydrogens (tertiary/aromatic N) is 1. The third kappa shape index (κ3) is 3.26. The fraction of sp³-hybridized carbons (Fsp3) is 0.455. The van der Waals surface area contributed by atoms with Gasteiger partial charge in [-0.1, -0.05) is 18.2 Å². The van der Waals surface area contributed by atoms with Crippen LogP contribution in [0.4, 0.5) is 0 Å². The lowest BCUT2D eigenvalue weighted by atomic mass is 10.1. The smallest absolute Gasteiger partial charge is 0.282 e. The lowest BCUT2D eigenvalue weighted by molar-refractivity contribution is 0.0881. The van der Waals surface area contributed by atoms with Gasteiger partial charge in [-0.05, 0) is 25.0 Å². The van der Waals surface area contributed by atoms with Gasteiger partial charge in [-0.2, -0.15) is 8.42 Å². The largest absolute Gasteiger partial charge is 0.294 e. The molecule has 5 nitrogen and oxygen atoms in total. The highest BCUT2D eigenvalue weighted by Gasteiger charge is 2.31. The molecule has 0 aliphatic carbocycles. The third-order valence-corrected chi connectivity index (χ3v) is 3.85. The van der Waals surface area contributed by atoms with Crippen LogP contribution in [0.25, 0.3) is 0 Å². The van der Waals surface area contributed by atoms with Crippen LogP contribution in [0, 0.1) is 0 Å². The van der Waals surface area contributed by atoms with E-state index in [4.69, 9.17) is 4.55 Å². The van der Waals surface area contributed by atoms with Gasteiger partial charge in [0.15, 0.2) is 0 Å². The molecule has 94 valence electrons. The minimum atomic E-state index is -4.00. The molecule has 2 saturated heterocycles. The molecule has 1 unspecified atom stereocenters. The number of rotatable bonds is 1. The van der Waals surface area contributed by atoms with Crippen LogP contribution in [0.2, 0.25) is 0 Å². The van der Waals surface area contributed by atoms with Gasteiger partial charge in [0.1, 0.15) is 0 Å². The maximum Gasteiger partial charge on any atom is 0.294 e. The first-order valence-corrected chi connectivity index (χ1v) is 7.04. The zero-order chi connectivity index (χ0) is 12.3. The summed E-state index contributed by atoms with van der Waals surface area (Å²) in [7, 11) is -4.00.